The lowest BCUT2D eigenvalue weighted by Crippen LogP contribution is -2.33. The first-order chi connectivity index (χ1) is 8.29. The molecule has 1 aromatic rings. The highest BCUT2D eigenvalue weighted by molar-refractivity contribution is 5.92. The van der Waals surface area contributed by atoms with Crippen LogP contribution in [0.4, 0.5) is 0 Å². The smallest absolute Gasteiger partial charge is 0.272 e. The molecule has 1 heterocycles. The minimum atomic E-state index is -0.146. The van der Waals surface area contributed by atoms with Crippen molar-refractivity contribution in [2.75, 3.05) is 6.61 Å². The number of hydrogen-bond acceptors (Lipinski definition) is 4. The van der Waals surface area contributed by atoms with Gasteiger partial charge in [0.05, 0.1) is 6.61 Å². The number of hydrogen-bond donors (Lipinski definition) is 1. The molecule has 1 fully saturated rings. The van der Waals surface area contributed by atoms with Crippen molar-refractivity contribution in [1.29, 1.82) is 0 Å². The van der Waals surface area contributed by atoms with Crippen LogP contribution in [0.2, 0.25) is 0 Å². The first kappa shape index (κ1) is 11.8. The Labute approximate surface area is 101 Å². The molecule has 1 aromatic heterocycles. The number of nitrogens with one attached hydrogen (secondary N) is 1. The van der Waals surface area contributed by atoms with E-state index in [0.717, 1.165) is 12.8 Å². The minimum absolute atomic E-state index is 0.146. The number of carbonyl (C=O) groups is 1. The van der Waals surface area contributed by atoms with E-state index in [0.29, 0.717) is 24.2 Å². The van der Waals surface area contributed by atoms with Gasteiger partial charge in [0.2, 0.25) is 5.88 Å². The monoisotopic (exact) mass is 235 g/mol. The molecule has 92 valence electrons. The van der Waals surface area contributed by atoms with Gasteiger partial charge in [0.15, 0.2) is 5.69 Å². The molecule has 1 saturated carbocycles. The second kappa shape index (κ2) is 5.61. The third-order valence-corrected chi connectivity index (χ3v) is 2.86. The SMILES string of the molecule is CCOc1ccc(C(=O)NC2CCCC2)nn1. The molecule has 1 aliphatic carbocycles. The number of amides is 1. The van der Waals surface area contributed by atoms with Gasteiger partial charge in [-0.05, 0) is 25.8 Å². The molecule has 17 heavy (non-hydrogen) atoms. The molecule has 0 radical (unpaired) electrons. The first-order valence-corrected chi connectivity index (χ1v) is 6.07. The number of rotatable bonds is 4. The first-order valence-electron chi connectivity index (χ1n) is 6.07. The fraction of sp³-hybridized carbons (Fsp3) is 0.583. The van der Waals surface area contributed by atoms with Crippen LogP contribution in [0, 0.1) is 0 Å². The Balaban J connectivity index is 1.93. The Kier molecular flexibility index (Phi) is 3.90. The molecule has 5 heteroatoms. The van der Waals surface area contributed by atoms with Crippen molar-refractivity contribution in [3.8, 4) is 5.88 Å². The van der Waals surface area contributed by atoms with Gasteiger partial charge in [0, 0.05) is 12.1 Å². The normalized spacial score (nSPS) is 15.8. The Bertz CT molecular complexity index is 372. The van der Waals surface area contributed by atoms with E-state index >= 15 is 0 Å². The lowest BCUT2D eigenvalue weighted by atomic mass is 10.2. The van der Waals surface area contributed by atoms with Gasteiger partial charge < -0.3 is 10.1 Å². The number of carbonyl (C=O) groups excluding carboxylic acids is 1. The highest BCUT2D eigenvalue weighted by atomic mass is 16.5. The van der Waals surface area contributed by atoms with E-state index < -0.39 is 0 Å². The summed E-state index contributed by atoms with van der Waals surface area (Å²) in [5.74, 6) is 0.303. The maximum Gasteiger partial charge on any atom is 0.272 e. The van der Waals surface area contributed by atoms with Crippen LogP contribution in [0.3, 0.4) is 0 Å². The van der Waals surface area contributed by atoms with E-state index in [1.165, 1.54) is 12.8 Å². The molecule has 1 aliphatic rings. The van der Waals surface area contributed by atoms with Gasteiger partial charge in [-0.2, -0.15) is 0 Å². The van der Waals surface area contributed by atoms with E-state index in [2.05, 4.69) is 15.5 Å². The molecule has 0 aromatic carbocycles. The molecule has 0 atom stereocenters. The van der Waals surface area contributed by atoms with Crippen LogP contribution in [-0.4, -0.2) is 28.8 Å². The Morgan fingerprint density at radius 2 is 2.18 bits per heavy atom. The zero-order valence-electron chi connectivity index (χ0n) is 9.98. The average Bonchev–Trinajstić information content (AvgIpc) is 2.83. The van der Waals surface area contributed by atoms with Crippen LogP contribution in [0.1, 0.15) is 43.1 Å². The summed E-state index contributed by atoms with van der Waals surface area (Å²) in [4.78, 5) is 11.8. The van der Waals surface area contributed by atoms with Crippen molar-refractivity contribution in [2.45, 2.75) is 38.6 Å². The molecule has 0 unspecified atom stereocenters. The average molecular weight is 235 g/mol. The predicted molar refractivity (Wildman–Crippen MR) is 62.9 cm³/mol. The largest absolute Gasteiger partial charge is 0.477 e. The standard InChI is InChI=1S/C12H17N3O2/c1-2-17-11-8-7-10(14-15-11)12(16)13-9-5-3-4-6-9/h7-9H,2-6H2,1H3,(H,13,16). The molecular formula is C12H17N3O2. The molecule has 0 bridgehead atoms. The van der Waals surface area contributed by atoms with E-state index in [1.807, 2.05) is 6.92 Å². The van der Waals surface area contributed by atoms with Crippen LogP contribution in [0.15, 0.2) is 12.1 Å². The number of nitrogens with zero attached hydrogens (tertiary/aromatic N) is 2. The lowest BCUT2D eigenvalue weighted by molar-refractivity contribution is 0.0931. The number of aromatic nitrogens is 2. The highest BCUT2D eigenvalue weighted by Crippen LogP contribution is 2.18. The van der Waals surface area contributed by atoms with Gasteiger partial charge in [-0.3, -0.25) is 4.79 Å². The molecule has 0 aliphatic heterocycles. The van der Waals surface area contributed by atoms with Crippen molar-refractivity contribution >= 4 is 5.91 Å². The van der Waals surface area contributed by atoms with Crippen LogP contribution in [0.5, 0.6) is 5.88 Å². The second-order valence-electron chi connectivity index (χ2n) is 4.14. The van der Waals surface area contributed by atoms with Gasteiger partial charge in [-0.15, -0.1) is 10.2 Å². The van der Waals surface area contributed by atoms with Gasteiger partial charge in [0.1, 0.15) is 0 Å². The van der Waals surface area contributed by atoms with Crippen LogP contribution < -0.4 is 10.1 Å². The third kappa shape index (κ3) is 3.15. The van der Waals surface area contributed by atoms with Crippen LogP contribution >= 0.6 is 0 Å². The summed E-state index contributed by atoms with van der Waals surface area (Å²) in [7, 11) is 0. The molecule has 0 saturated heterocycles. The molecule has 1 amide bonds. The predicted octanol–water partition coefficient (Wildman–Crippen LogP) is 1.55. The Hall–Kier alpha value is -1.65. The molecule has 2 rings (SSSR count). The second-order valence-corrected chi connectivity index (χ2v) is 4.14. The summed E-state index contributed by atoms with van der Waals surface area (Å²) >= 11 is 0. The van der Waals surface area contributed by atoms with Crippen molar-refractivity contribution in [3.63, 3.8) is 0 Å². The Morgan fingerprint density at radius 1 is 1.41 bits per heavy atom. The molecule has 0 spiro atoms. The van der Waals surface area contributed by atoms with Gasteiger partial charge >= 0.3 is 0 Å². The molecule has 1 N–H and O–H groups in total. The summed E-state index contributed by atoms with van der Waals surface area (Å²) in [5.41, 5.74) is 0.348. The summed E-state index contributed by atoms with van der Waals surface area (Å²) in [5, 5.41) is 10.6. The summed E-state index contributed by atoms with van der Waals surface area (Å²) < 4.78 is 5.17. The van der Waals surface area contributed by atoms with Gasteiger partial charge in [-0.1, -0.05) is 12.8 Å². The van der Waals surface area contributed by atoms with E-state index in [-0.39, 0.29) is 5.91 Å². The van der Waals surface area contributed by atoms with E-state index in [4.69, 9.17) is 4.74 Å². The summed E-state index contributed by atoms with van der Waals surface area (Å²) in [6.45, 7) is 2.42. The van der Waals surface area contributed by atoms with Gasteiger partial charge in [0.25, 0.3) is 5.91 Å². The van der Waals surface area contributed by atoms with Gasteiger partial charge in [-0.25, -0.2) is 0 Å². The molecular weight excluding hydrogens is 218 g/mol. The quantitative estimate of drug-likeness (QED) is 0.860. The fourth-order valence-corrected chi connectivity index (χ4v) is 2.00. The van der Waals surface area contributed by atoms with Crippen molar-refractivity contribution < 1.29 is 9.53 Å². The zero-order valence-corrected chi connectivity index (χ0v) is 9.98. The topological polar surface area (TPSA) is 64.1 Å². The lowest BCUT2D eigenvalue weighted by Gasteiger charge is -2.10. The van der Waals surface area contributed by atoms with Crippen LogP contribution in [-0.2, 0) is 0 Å². The summed E-state index contributed by atoms with van der Waals surface area (Å²) in [6.07, 6.45) is 4.52. The fourth-order valence-electron chi connectivity index (χ4n) is 2.00. The summed E-state index contributed by atoms with van der Waals surface area (Å²) in [6, 6.07) is 3.61. The van der Waals surface area contributed by atoms with E-state index in [1.54, 1.807) is 12.1 Å². The maximum absolute atomic E-state index is 11.8. The third-order valence-electron chi connectivity index (χ3n) is 2.86. The van der Waals surface area contributed by atoms with Crippen molar-refractivity contribution in [3.05, 3.63) is 17.8 Å². The maximum atomic E-state index is 11.8. The van der Waals surface area contributed by atoms with Crippen molar-refractivity contribution in [2.24, 2.45) is 0 Å². The number of ether oxygens (including phenoxy) is 1. The highest BCUT2D eigenvalue weighted by Gasteiger charge is 2.18. The molecule has 5 nitrogen and oxygen atoms in total. The van der Waals surface area contributed by atoms with Crippen LogP contribution in [0.25, 0.3) is 0 Å². The minimum Gasteiger partial charge on any atom is -0.477 e. The Morgan fingerprint density at radius 3 is 2.76 bits per heavy atom. The zero-order chi connectivity index (χ0) is 12.1. The van der Waals surface area contributed by atoms with E-state index in [9.17, 15) is 4.79 Å². The van der Waals surface area contributed by atoms with Crippen molar-refractivity contribution in [1.82, 2.24) is 15.5 Å².